The van der Waals surface area contributed by atoms with Crippen LogP contribution in [0.2, 0.25) is 5.02 Å². The van der Waals surface area contributed by atoms with Crippen molar-refractivity contribution in [3.8, 4) is 5.75 Å². The molecule has 2 aromatic rings. The normalized spacial score (nSPS) is 14.4. The van der Waals surface area contributed by atoms with Gasteiger partial charge in [-0.3, -0.25) is 14.5 Å². The van der Waals surface area contributed by atoms with E-state index in [2.05, 4.69) is 5.32 Å². The summed E-state index contributed by atoms with van der Waals surface area (Å²) in [6.07, 6.45) is 0.0193. The van der Waals surface area contributed by atoms with Gasteiger partial charge < -0.3 is 14.8 Å². The third-order valence-electron chi connectivity index (χ3n) is 4.12. The van der Waals surface area contributed by atoms with Crippen molar-refractivity contribution in [1.29, 1.82) is 0 Å². The third kappa shape index (κ3) is 4.22. The van der Waals surface area contributed by atoms with E-state index in [1.54, 1.807) is 18.2 Å². The molecule has 2 amide bonds. The highest BCUT2D eigenvalue weighted by Crippen LogP contribution is 2.35. The minimum Gasteiger partial charge on any atom is -0.495 e. The number of benzene rings is 1. The molecule has 1 aliphatic rings. The van der Waals surface area contributed by atoms with E-state index >= 15 is 0 Å². The van der Waals surface area contributed by atoms with Gasteiger partial charge >= 0.3 is 0 Å². The van der Waals surface area contributed by atoms with Gasteiger partial charge in [-0.25, -0.2) is 0 Å². The Kier molecular flexibility index (Phi) is 6.39. The topological polar surface area (TPSA) is 67.9 Å². The second-order valence-electron chi connectivity index (χ2n) is 6.38. The Bertz CT molecular complexity index is 909. The number of halogens is 1. The number of imide groups is 1. The van der Waals surface area contributed by atoms with Gasteiger partial charge in [-0.2, -0.15) is 0 Å². The molecule has 0 saturated heterocycles. The summed E-state index contributed by atoms with van der Waals surface area (Å²) in [4.78, 5) is 28.0. The van der Waals surface area contributed by atoms with Crippen molar-refractivity contribution in [2.75, 3.05) is 25.6 Å². The van der Waals surface area contributed by atoms with E-state index in [9.17, 15) is 9.59 Å². The van der Waals surface area contributed by atoms with Crippen LogP contribution >= 0.6 is 22.9 Å². The molecule has 3 rings (SSSR count). The summed E-state index contributed by atoms with van der Waals surface area (Å²) in [5.74, 6) is -0.227. The van der Waals surface area contributed by atoms with Crippen LogP contribution in [0.5, 0.6) is 5.75 Å². The summed E-state index contributed by atoms with van der Waals surface area (Å²) in [6, 6.07) is 8.70. The first-order valence-electron chi connectivity index (χ1n) is 8.79. The fraction of sp³-hybridized carbons (Fsp3) is 0.300. The second kappa shape index (κ2) is 8.77. The van der Waals surface area contributed by atoms with Crippen molar-refractivity contribution >= 4 is 46.0 Å². The van der Waals surface area contributed by atoms with Gasteiger partial charge in [0.15, 0.2) is 0 Å². The van der Waals surface area contributed by atoms with Crippen LogP contribution in [0.15, 0.2) is 41.4 Å². The van der Waals surface area contributed by atoms with E-state index < -0.39 is 5.91 Å². The zero-order chi connectivity index (χ0) is 20.3. The fourth-order valence-corrected chi connectivity index (χ4v) is 3.78. The third-order valence-corrected chi connectivity index (χ3v) is 5.25. The average molecular weight is 421 g/mol. The van der Waals surface area contributed by atoms with Gasteiger partial charge in [-0.05, 0) is 43.5 Å². The van der Waals surface area contributed by atoms with Gasteiger partial charge in [0.1, 0.15) is 11.4 Å². The molecule has 0 saturated carbocycles. The van der Waals surface area contributed by atoms with Crippen LogP contribution in [0.25, 0.3) is 5.57 Å². The van der Waals surface area contributed by atoms with Gasteiger partial charge in [-0.1, -0.05) is 17.7 Å². The second-order valence-corrected chi connectivity index (χ2v) is 7.76. The summed E-state index contributed by atoms with van der Waals surface area (Å²) in [5, 5.41) is 5.42. The molecule has 0 spiro atoms. The van der Waals surface area contributed by atoms with Crippen molar-refractivity contribution < 1.29 is 19.1 Å². The fourth-order valence-electron chi connectivity index (χ4n) is 2.84. The zero-order valence-corrected chi connectivity index (χ0v) is 17.4. The first-order chi connectivity index (χ1) is 13.4. The highest BCUT2D eigenvalue weighted by molar-refractivity contribution is 7.11. The molecule has 2 heterocycles. The molecule has 0 bridgehead atoms. The van der Waals surface area contributed by atoms with Gasteiger partial charge in [0, 0.05) is 9.90 Å². The Balaban J connectivity index is 1.96. The van der Waals surface area contributed by atoms with Crippen molar-refractivity contribution in [1.82, 2.24) is 4.90 Å². The summed E-state index contributed by atoms with van der Waals surface area (Å²) in [6.45, 7) is 4.27. The number of nitrogens with one attached hydrogen (secondary N) is 1. The molecule has 6 nitrogen and oxygen atoms in total. The predicted molar refractivity (Wildman–Crippen MR) is 111 cm³/mol. The lowest BCUT2D eigenvalue weighted by molar-refractivity contribution is -0.137. The van der Waals surface area contributed by atoms with Crippen LogP contribution in [-0.4, -0.2) is 43.1 Å². The quantitative estimate of drug-likeness (QED) is 0.653. The van der Waals surface area contributed by atoms with Gasteiger partial charge in [0.05, 0.1) is 37.6 Å². The molecule has 8 heteroatoms. The van der Waals surface area contributed by atoms with Crippen molar-refractivity contribution in [3.63, 3.8) is 0 Å². The van der Waals surface area contributed by atoms with E-state index in [1.165, 1.54) is 23.3 Å². The van der Waals surface area contributed by atoms with E-state index in [-0.39, 0.29) is 30.9 Å². The molecule has 148 valence electrons. The van der Waals surface area contributed by atoms with Crippen LogP contribution in [0.3, 0.4) is 0 Å². The average Bonchev–Trinajstić information content (AvgIpc) is 3.24. The number of amides is 2. The van der Waals surface area contributed by atoms with E-state index in [0.29, 0.717) is 26.9 Å². The lowest BCUT2D eigenvalue weighted by Gasteiger charge is -2.17. The highest BCUT2D eigenvalue weighted by atomic mass is 35.5. The molecule has 28 heavy (non-hydrogen) atoms. The number of thiophene rings is 1. The largest absolute Gasteiger partial charge is 0.495 e. The van der Waals surface area contributed by atoms with Crippen molar-refractivity contribution in [2.45, 2.75) is 20.0 Å². The smallest absolute Gasteiger partial charge is 0.278 e. The number of methoxy groups -OCH3 is 1. The Morgan fingerprint density at radius 1 is 1.21 bits per heavy atom. The Morgan fingerprint density at radius 3 is 2.64 bits per heavy atom. The maximum atomic E-state index is 13.0. The number of hydrogen-bond donors (Lipinski definition) is 1. The molecule has 0 fully saturated rings. The number of carbonyl (C=O) groups is 2. The number of hydrogen-bond acceptors (Lipinski definition) is 6. The van der Waals surface area contributed by atoms with E-state index in [1.807, 2.05) is 31.4 Å². The summed E-state index contributed by atoms with van der Waals surface area (Å²) < 4.78 is 10.9. The monoisotopic (exact) mass is 420 g/mol. The zero-order valence-electron chi connectivity index (χ0n) is 15.8. The standard InChI is InChI=1S/C20H21ClN2O4S/c1-12(2)27-9-8-23-19(24)17(16-5-4-10-28-16)18(20(23)25)22-14-11-13(21)6-7-15(14)26-3/h4-7,10-12,22H,8-9H2,1-3H3. The Hall–Kier alpha value is -2.35. The van der Waals surface area contributed by atoms with Gasteiger partial charge in [0.25, 0.3) is 11.8 Å². The van der Waals surface area contributed by atoms with E-state index in [0.717, 1.165) is 0 Å². The van der Waals surface area contributed by atoms with Crippen LogP contribution in [-0.2, 0) is 14.3 Å². The number of nitrogens with zero attached hydrogens (tertiary/aromatic N) is 1. The summed E-state index contributed by atoms with van der Waals surface area (Å²) >= 11 is 7.50. The van der Waals surface area contributed by atoms with Gasteiger partial charge in [0.2, 0.25) is 0 Å². The molecule has 0 atom stereocenters. The lowest BCUT2D eigenvalue weighted by atomic mass is 10.2. The molecule has 1 aliphatic heterocycles. The minimum atomic E-state index is -0.400. The minimum absolute atomic E-state index is 0.0193. The van der Waals surface area contributed by atoms with Gasteiger partial charge in [-0.15, -0.1) is 11.3 Å². The Labute approximate surface area is 172 Å². The molecule has 1 N–H and O–H groups in total. The number of carbonyl (C=O) groups excluding carboxylic acids is 2. The number of ether oxygens (including phenoxy) is 2. The first kappa shape index (κ1) is 20.4. The molecular formula is C20H21ClN2O4S. The summed E-state index contributed by atoms with van der Waals surface area (Å²) in [5.41, 5.74) is 1.06. The van der Waals surface area contributed by atoms with Crippen LogP contribution in [0.4, 0.5) is 5.69 Å². The van der Waals surface area contributed by atoms with Crippen LogP contribution < -0.4 is 10.1 Å². The van der Waals surface area contributed by atoms with Crippen LogP contribution in [0.1, 0.15) is 18.7 Å². The Morgan fingerprint density at radius 2 is 2.00 bits per heavy atom. The molecule has 1 aromatic heterocycles. The highest BCUT2D eigenvalue weighted by Gasteiger charge is 2.39. The van der Waals surface area contributed by atoms with Crippen molar-refractivity contribution in [3.05, 3.63) is 51.3 Å². The number of anilines is 1. The maximum absolute atomic E-state index is 13.0. The SMILES string of the molecule is COc1ccc(Cl)cc1NC1=C(c2cccs2)C(=O)N(CCOC(C)C)C1=O. The molecule has 0 unspecified atom stereocenters. The van der Waals surface area contributed by atoms with Crippen molar-refractivity contribution in [2.24, 2.45) is 0 Å². The van der Waals surface area contributed by atoms with Crippen LogP contribution in [0, 0.1) is 0 Å². The first-order valence-corrected chi connectivity index (χ1v) is 10.0. The number of rotatable bonds is 8. The molecular weight excluding hydrogens is 400 g/mol. The molecule has 0 radical (unpaired) electrons. The lowest BCUT2D eigenvalue weighted by Crippen LogP contribution is -2.35. The summed E-state index contributed by atoms with van der Waals surface area (Å²) in [7, 11) is 1.53. The molecule has 1 aromatic carbocycles. The maximum Gasteiger partial charge on any atom is 0.278 e. The molecule has 0 aliphatic carbocycles. The predicted octanol–water partition coefficient (Wildman–Crippen LogP) is 4.03. The van der Waals surface area contributed by atoms with E-state index in [4.69, 9.17) is 21.1 Å².